The fourth-order valence-corrected chi connectivity index (χ4v) is 4.13. The number of anilines is 1. The molecule has 1 spiro atoms. The molecule has 1 aromatic carbocycles. The van der Waals surface area contributed by atoms with Crippen LogP contribution in [0.1, 0.15) is 25.1 Å². The molecule has 0 radical (unpaired) electrons. The van der Waals surface area contributed by atoms with E-state index in [4.69, 9.17) is 19.6 Å². The van der Waals surface area contributed by atoms with Gasteiger partial charge in [0, 0.05) is 11.3 Å². The van der Waals surface area contributed by atoms with Crippen LogP contribution in [-0.2, 0) is 29.3 Å². The van der Waals surface area contributed by atoms with E-state index < -0.39 is 23.3 Å². The van der Waals surface area contributed by atoms with Gasteiger partial charge in [-0.15, -0.1) is 0 Å². The molecule has 9 nitrogen and oxygen atoms in total. The average Bonchev–Trinajstić information content (AvgIpc) is 3.27. The average molecular weight is 397 g/mol. The van der Waals surface area contributed by atoms with E-state index in [1.807, 2.05) is 0 Å². The Hall–Kier alpha value is -3.62. The van der Waals surface area contributed by atoms with Crippen LogP contribution in [0, 0.1) is 0 Å². The Bertz CT molecular complexity index is 1090. The zero-order valence-electron chi connectivity index (χ0n) is 16.1. The number of esters is 2. The van der Waals surface area contributed by atoms with E-state index in [-0.39, 0.29) is 30.4 Å². The summed E-state index contributed by atoms with van der Waals surface area (Å²) in [6, 6.07) is 6.91. The molecule has 0 fully saturated rings. The number of hydrogen-bond acceptors (Lipinski definition) is 8. The van der Waals surface area contributed by atoms with Gasteiger partial charge < -0.3 is 24.5 Å². The van der Waals surface area contributed by atoms with Gasteiger partial charge in [0.15, 0.2) is 11.2 Å². The summed E-state index contributed by atoms with van der Waals surface area (Å²) >= 11 is 0. The lowest BCUT2D eigenvalue weighted by atomic mass is 9.74. The molecule has 0 saturated heterocycles. The first-order valence-electron chi connectivity index (χ1n) is 9.01. The van der Waals surface area contributed by atoms with Gasteiger partial charge in [-0.25, -0.2) is 4.79 Å². The van der Waals surface area contributed by atoms with Crippen molar-refractivity contribution in [2.24, 2.45) is 0 Å². The second kappa shape index (κ2) is 6.47. The molecule has 1 aliphatic carbocycles. The smallest absolute Gasteiger partial charge is 0.337 e. The normalized spacial score (nSPS) is 19.6. The number of nitrogens with zero attached hydrogens (tertiary/aromatic N) is 2. The van der Waals surface area contributed by atoms with Gasteiger partial charge in [-0.1, -0.05) is 24.3 Å². The predicted molar refractivity (Wildman–Crippen MR) is 100 cm³/mol. The van der Waals surface area contributed by atoms with Gasteiger partial charge >= 0.3 is 11.9 Å². The summed E-state index contributed by atoms with van der Waals surface area (Å²) in [7, 11) is 1.23. The monoisotopic (exact) mass is 397 g/mol. The molecule has 2 heterocycles. The quantitative estimate of drug-likeness (QED) is 0.767. The Morgan fingerprint density at radius 3 is 2.72 bits per heavy atom. The highest BCUT2D eigenvalue weighted by atomic mass is 16.5. The van der Waals surface area contributed by atoms with Gasteiger partial charge in [0.2, 0.25) is 5.91 Å². The number of carbonyl (C=O) groups excluding carboxylic acids is 3. The molecule has 29 heavy (non-hydrogen) atoms. The van der Waals surface area contributed by atoms with E-state index in [1.54, 1.807) is 38.1 Å². The van der Waals surface area contributed by atoms with Crippen molar-refractivity contribution in [1.29, 1.82) is 0 Å². The number of rotatable bonds is 4. The second-order valence-corrected chi connectivity index (χ2v) is 6.67. The summed E-state index contributed by atoms with van der Waals surface area (Å²) < 4.78 is 15.6. The molecule has 2 aromatic rings. The van der Waals surface area contributed by atoms with Crippen LogP contribution in [-0.4, -0.2) is 48.0 Å². The maximum absolute atomic E-state index is 13.8. The van der Waals surface area contributed by atoms with Crippen molar-refractivity contribution >= 4 is 23.9 Å². The third-order valence-electron chi connectivity index (χ3n) is 5.28. The molecular formula is C20H19N3O6. The van der Waals surface area contributed by atoms with Crippen LogP contribution in [0.3, 0.4) is 0 Å². The highest BCUT2D eigenvalue weighted by molar-refractivity contribution is 6.14. The lowest BCUT2D eigenvalue weighted by Gasteiger charge is -2.26. The molecule has 150 valence electrons. The zero-order valence-corrected chi connectivity index (χ0v) is 16.1. The fraction of sp³-hybridized carbons (Fsp3) is 0.300. The van der Waals surface area contributed by atoms with E-state index in [0.29, 0.717) is 22.6 Å². The number of ether oxygens (including phenoxy) is 2. The van der Waals surface area contributed by atoms with Crippen molar-refractivity contribution in [2.75, 3.05) is 26.0 Å². The number of aromatic nitrogens is 1. The number of fused-ring (bicyclic) bond motifs is 5. The number of carbonyl (C=O) groups is 3. The van der Waals surface area contributed by atoms with Gasteiger partial charge in [0.25, 0.3) is 6.01 Å². The first kappa shape index (κ1) is 18.7. The highest BCUT2D eigenvalue weighted by Crippen LogP contribution is 2.57. The van der Waals surface area contributed by atoms with Crippen molar-refractivity contribution in [3.63, 3.8) is 0 Å². The number of oxazole rings is 1. The minimum absolute atomic E-state index is 0.0905. The third-order valence-corrected chi connectivity index (χ3v) is 5.28. The second-order valence-electron chi connectivity index (χ2n) is 6.67. The SMILES string of the molecule is CCOC(=O)C1=C(C)N(CC(=O)OC)C(=O)[C@@]12c1ccccc1-c1oc(N)nc12. The number of amides is 1. The zero-order chi connectivity index (χ0) is 20.9. The Kier molecular flexibility index (Phi) is 4.18. The molecule has 1 aromatic heterocycles. The van der Waals surface area contributed by atoms with Crippen molar-refractivity contribution < 1.29 is 28.3 Å². The van der Waals surface area contributed by atoms with Crippen LogP contribution in [0.4, 0.5) is 6.01 Å². The van der Waals surface area contributed by atoms with Gasteiger partial charge in [-0.3, -0.25) is 9.59 Å². The molecule has 2 N–H and O–H groups in total. The maximum atomic E-state index is 13.8. The van der Waals surface area contributed by atoms with Gasteiger partial charge in [0.05, 0.1) is 19.3 Å². The van der Waals surface area contributed by atoms with Gasteiger partial charge in [-0.2, -0.15) is 4.98 Å². The molecule has 4 rings (SSSR count). The number of hydrogen-bond donors (Lipinski definition) is 1. The summed E-state index contributed by atoms with van der Waals surface area (Å²) in [6.45, 7) is 3.03. The molecule has 2 aliphatic rings. The number of benzene rings is 1. The number of allylic oxidation sites excluding steroid dienone is 1. The molecule has 1 amide bonds. The van der Waals surface area contributed by atoms with E-state index in [0.717, 1.165) is 0 Å². The minimum Gasteiger partial charge on any atom is -0.468 e. The van der Waals surface area contributed by atoms with Gasteiger partial charge in [0.1, 0.15) is 12.2 Å². The number of nitrogen functional groups attached to an aromatic ring is 1. The summed E-state index contributed by atoms with van der Waals surface area (Å²) in [6.07, 6.45) is 0. The van der Waals surface area contributed by atoms with Crippen LogP contribution in [0.15, 0.2) is 40.0 Å². The van der Waals surface area contributed by atoms with E-state index >= 15 is 0 Å². The largest absolute Gasteiger partial charge is 0.468 e. The van der Waals surface area contributed by atoms with Crippen LogP contribution in [0.2, 0.25) is 0 Å². The molecule has 0 bridgehead atoms. The van der Waals surface area contributed by atoms with Crippen molar-refractivity contribution in [1.82, 2.24) is 9.88 Å². The fourth-order valence-electron chi connectivity index (χ4n) is 4.13. The summed E-state index contributed by atoms with van der Waals surface area (Å²) in [5.41, 5.74) is 5.92. The van der Waals surface area contributed by atoms with Crippen LogP contribution in [0.5, 0.6) is 0 Å². The lowest BCUT2D eigenvalue weighted by molar-refractivity contribution is -0.146. The molecular weight excluding hydrogens is 378 g/mol. The Labute approximate surface area is 166 Å². The maximum Gasteiger partial charge on any atom is 0.337 e. The molecule has 1 atom stereocenters. The summed E-state index contributed by atoms with van der Waals surface area (Å²) in [5, 5.41) is 0. The first-order chi connectivity index (χ1) is 13.9. The topological polar surface area (TPSA) is 125 Å². The summed E-state index contributed by atoms with van der Waals surface area (Å²) in [5.74, 6) is -1.48. The van der Waals surface area contributed by atoms with Crippen LogP contribution in [0.25, 0.3) is 11.3 Å². The lowest BCUT2D eigenvalue weighted by Crippen LogP contribution is -2.43. The van der Waals surface area contributed by atoms with Crippen molar-refractivity contribution in [3.05, 3.63) is 46.8 Å². The van der Waals surface area contributed by atoms with Gasteiger partial charge in [-0.05, 0) is 19.4 Å². The molecule has 0 saturated carbocycles. The third kappa shape index (κ3) is 2.33. The first-order valence-corrected chi connectivity index (χ1v) is 9.01. The predicted octanol–water partition coefficient (Wildman–Crippen LogP) is 1.38. The minimum atomic E-state index is -1.60. The molecule has 9 heteroatoms. The standard InChI is InChI=1S/C20H19N3O6/c1-4-28-17(25)14-10(2)23(9-13(24)27-3)18(26)20(14)12-8-6-5-7-11(12)15-16(20)22-19(21)29-15/h5-8H,4,9H2,1-3H3,(H2,21,22)/t20-/m0/s1. The Morgan fingerprint density at radius 1 is 1.31 bits per heavy atom. The van der Waals surface area contributed by atoms with Crippen LogP contribution < -0.4 is 5.73 Å². The van der Waals surface area contributed by atoms with E-state index in [2.05, 4.69) is 4.98 Å². The molecule has 0 unspecified atom stereocenters. The highest BCUT2D eigenvalue weighted by Gasteiger charge is 2.63. The summed E-state index contributed by atoms with van der Waals surface area (Å²) in [4.78, 5) is 44.2. The number of methoxy groups -OCH3 is 1. The Morgan fingerprint density at radius 2 is 2.03 bits per heavy atom. The van der Waals surface area contributed by atoms with Crippen molar-refractivity contribution in [3.8, 4) is 11.3 Å². The Balaban J connectivity index is 2.03. The van der Waals surface area contributed by atoms with E-state index in [1.165, 1.54) is 12.0 Å². The molecule has 1 aliphatic heterocycles. The number of nitrogens with two attached hydrogens (primary N) is 1. The van der Waals surface area contributed by atoms with Crippen LogP contribution >= 0.6 is 0 Å². The van der Waals surface area contributed by atoms with Crippen molar-refractivity contribution in [2.45, 2.75) is 19.3 Å². The van der Waals surface area contributed by atoms with E-state index in [9.17, 15) is 14.4 Å².